The summed E-state index contributed by atoms with van der Waals surface area (Å²) in [6.07, 6.45) is 2.65. The molecule has 2 N–H and O–H groups in total. The van der Waals surface area contributed by atoms with E-state index in [1.165, 1.54) is 12.5 Å². The molecule has 2 aromatic rings. The van der Waals surface area contributed by atoms with Crippen LogP contribution in [0, 0.1) is 6.92 Å². The van der Waals surface area contributed by atoms with Crippen LogP contribution in [0.25, 0.3) is 0 Å². The lowest BCUT2D eigenvalue weighted by atomic mass is 10.1. The molecular formula is C14H17NO4. The number of aryl methyl sites for hydroxylation is 1. The van der Waals surface area contributed by atoms with Gasteiger partial charge in [0.05, 0.1) is 18.1 Å². The molecule has 2 atom stereocenters. The van der Waals surface area contributed by atoms with E-state index in [0.717, 1.165) is 0 Å². The lowest BCUT2D eigenvalue weighted by Crippen LogP contribution is -2.33. The highest BCUT2D eigenvalue weighted by molar-refractivity contribution is 5.95. The van der Waals surface area contributed by atoms with Crippen molar-refractivity contribution in [1.82, 2.24) is 5.32 Å². The lowest BCUT2D eigenvalue weighted by Gasteiger charge is -2.16. The Hall–Kier alpha value is -2.01. The Morgan fingerprint density at radius 2 is 2.16 bits per heavy atom. The van der Waals surface area contributed by atoms with Crippen molar-refractivity contribution in [2.45, 2.75) is 32.4 Å². The topological polar surface area (TPSA) is 75.6 Å². The van der Waals surface area contributed by atoms with Crippen molar-refractivity contribution in [3.8, 4) is 0 Å². The number of aliphatic hydroxyl groups is 1. The zero-order valence-electron chi connectivity index (χ0n) is 10.9. The van der Waals surface area contributed by atoms with Gasteiger partial charge in [0.1, 0.15) is 17.6 Å². The Balaban J connectivity index is 1.89. The average molecular weight is 263 g/mol. The quantitative estimate of drug-likeness (QED) is 0.868. The molecule has 0 saturated heterocycles. The average Bonchev–Trinajstić information content (AvgIpc) is 2.98. The van der Waals surface area contributed by atoms with Crippen molar-refractivity contribution in [2.75, 3.05) is 0 Å². The summed E-state index contributed by atoms with van der Waals surface area (Å²) >= 11 is 0. The molecule has 102 valence electrons. The molecule has 2 heterocycles. The summed E-state index contributed by atoms with van der Waals surface area (Å²) in [4.78, 5) is 11.9. The third-order valence-corrected chi connectivity index (χ3v) is 2.93. The second-order valence-corrected chi connectivity index (χ2v) is 4.53. The maximum atomic E-state index is 11.9. The summed E-state index contributed by atoms with van der Waals surface area (Å²) < 4.78 is 10.2. The van der Waals surface area contributed by atoms with E-state index >= 15 is 0 Å². The van der Waals surface area contributed by atoms with Crippen LogP contribution in [0.15, 0.2) is 39.6 Å². The predicted molar refractivity (Wildman–Crippen MR) is 68.7 cm³/mol. The van der Waals surface area contributed by atoms with Gasteiger partial charge in [0.15, 0.2) is 0 Å². The fourth-order valence-corrected chi connectivity index (χ4v) is 1.91. The van der Waals surface area contributed by atoms with Gasteiger partial charge in [-0.3, -0.25) is 4.79 Å². The Labute approximate surface area is 111 Å². The highest BCUT2D eigenvalue weighted by Crippen LogP contribution is 2.18. The fraction of sp³-hybridized carbons (Fsp3) is 0.357. The van der Waals surface area contributed by atoms with Crippen molar-refractivity contribution in [3.63, 3.8) is 0 Å². The minimum atomic E-state index is -0.726. The van der Waals surface area contributed by atoms with E-state index in [4.69, 9.17) is 8.83 Å². The molecule has 0 aromatic carbocycles. The third-order valence-electron chi connectivity index (χ3n) is 2.93. The first-order chi connectivity index (χ1) is 9.08. The third kappa shape index (κ3) is 3.26. The van der Waals surface area contributed by atoms with Crippen molar-refractivity contribution < 1.29 is 18.7 Å². The van der Waals surface area contributed by atoms with Gasteiger partial charge in [-0.2, -0.15) is 0 Å². The van der Waals surface area contributed by atoms with E-state index in [0.29, 0.717) is 23.5 Å². The monoisotopic (exact) mass is 263 g/mol. The van der Waals surface area contributed by atoms with Gasteiger partial charge in [0.25, 0.3) is 5.91 Å². The molecule has 2 unspecified atom stereocenters. The maximum Gasteiger partial charge on any atom is 0.255 e. The van der Waals surface area contributed by atoms with Crippen LogP contribution in [0.4, 0.5) is 0 Å². The lowest BCUT2D eigenvalue weighted by molar-refractivity contribution is 0.0901. The van der Waals surface area contributed by atoms with Gasteiger partial charge in [-0.1, -0.05) is 0 Å². The van der Waals surface area contributed by atoms with Crippen molar-refractivity contribution >= 4 is 5.91 Å². The van der Waals surface area contributed by atoms with Gasteiger partial charge in [-0.05, 0) is 32.0 Å². The van der Waals surface area contributed by atoms with Crippen LogP contribution in [0.5, 0.6) is 0 Å². The summed E-state index contributed by atoms with van der Waals surface area (Å²) in [5.74, 6) is 0.877. The molecule has 5 heteroatoms. The second kappa shape index (κ2) is 5.75. The van der Waals surface area contributed by atoms with E-state index in [2.05, 4.69) is 5.32 Å². The van der Waals surface area contributed by atoms with Crippen LogP contribution in [0.2, 0.25) is 0 Å². The zero-order chi connectivity index (χ0) is 13.8. The molecular weight excluding hydrogens is 246 g/mol. The first kappa shape index (κ1) is 13.4. The minimum Gasteiger partial charge on any atom is -0.469 e. The van der Waals surface area contributed by atoms with E-state index in [1.807, 2.05) is 6.92 Å². The highest BCUT2D eigenvalue weighted by atomic mass is 16.4. The van der Waals surface area contributed by atoms with Crippen LogP contribution >= 0.6 is 0 Å². The Bertz CT molecular complexity index is 529. The molecule has 0 aliphatic carbocycles. The molecule has 0 aliphatic rings. The number of nitrogens with one attached hydrogen (secondary N) is 1. The first-order valence-electron chi connectivity index (χ1n) is 6.14. The number of amides is 1. The van der Waals surface area contributed by atoms with Crippen LogP contribution in [0.3, 0.4) is 0 Å². The van der Waals surface area contributed by atoms with E-state index < -0.39 is 6.10 Å². The first-order valence-corrected chi connectivity index (χ1v) is 6.14. The summed E-state index contributed by atoms with van der Waals surface area (Å²) in [6, 6.07) is 4.87. The molecule has 1 amide bonds. The number of rotatable bonds is 5. The molecule has 0 radical (unpaired) electrons. The summed E-state index contributed by atoms with van der Waals surface area (Å²) in [5, 5.41) is 12.7. The Morgan fingerprint density at radius 3 is 2.74 bits per heavy atom. The Kier molecular flexibility index (Phi) is 4.06. The molecule has 2 rings (SSSR count). The molecule has 0 saturated carbocycles. The van der Waals surface area contributed by atoms with Crippen molar-refractivity contribution in [3.05, 3.63) is 47.8 Å². The van der Waals surface area contributed by atoms with Crippen LogP contribution in [-0.2, 0) is 0 Å². The van der Waals surface area contributed by atoms with Crippen molar-refractivity contribution in [1.29, 1.82) is 0 Å². The molecule has 0 fully saturated rings. The fourth-order valence-electron chi connectivity index (χ4n) is 1.91. The van der Waals surface area contributed by atoms with Gasteiger partial charge < -0.3 is 19.3 Å². The van der Waals surface area contributed by atoms with Gasteiger partial charge in [0, 0.05) is 12.5 Å². The smallest absolute Gasteiger partial charge is 0.255 e. The number of hydrogen-bond acceptors (Lipinski definition) is 4. The number of furan rings is 2. The summed E-state index contributed by atoms with van der Waals surface area (Å²) in [7, 11) is 0. The molecule has 0 bridgehead atoms. The standard InChI is InChI=1S/C14H17NO4/c1-9(8-12(16)13-4-3-6-19-13)15-14(17)11-5-7-18-10(11)2/h3-7,9,12,16H,8H2,1-2H3,(H,15,17). The zero-order valence-corrected chi connectivity index (χ0v) is 10.9. The maximum absolute atomic E-state index is 11.9. The van der Waals surface area contributed by atoms with Crippen molar-refractivity contribution in [2.24, 2.45) is 0 Å². The number of carbonyl (C=O) groups is 1. The minimum absolute atomic E-state index is 0.179. The molecule has 19 heavy (non-hydrogen) atoms. The Morgan fingerprint density at radius 1 is 1.37 bits per heavy atom. The van der Waals surface area contributed by atoms with Crippen LogP contribution in [-0.4, -0.2) is 17.1 Å². The van der Waals surface area contributed by atoms with Crippen LogP contribution in [0.1, 0.15) is 41.3 Å². The number of aliphatic hydroxyl groups excluding tert-OH is 1. The van der Waals surface area contributed by atoms with Crippen LogP contribution < -0.4 is 5.32 Å². The van der Waals surface area contributed by atoms with Gasteiger partial charge in [0.2, 0.25) is 0 Å². The molecule has 0 spiro atoms. The second-order valence-electron chi connectivity index (χ2n) is 4.53. The summed E-state index contributed by atoms with van der Waals surface area (Å²) in [5.41, 5.74) is 0.513. The molecule has 5 nitrogen and oxygen atoms in total. The van der Waals surface area contributed by atoms with E-state index in [9.17, 15) is 9.90 Å². The van der Waals surface area contributed by atoms with E-state index in [-0.39, 0.29) is 11.9 Å². The highest BCUT2D eigenvalue weighted by Gasteiger charge is 2.18. The van der Waals surface area contributed by atoms with Gasteiger partial charge >= 0.3 is 0 Å². The predicted octanol–water partition coefficient (Wildman–Crippen LogP) is 2.42. The van der Waals surface area contributed by atoms with Gasteiger partial charge in [-0.15, -0.1) is 0 Å². The number of hydrogen-bond donors (Lipinski definition) is 2. The molecule has 2 aromatic heterocycles. The SMILES string of the molecule is Cc1occc1C(=O)NC(C)CC(O)c1ccco1. The normalized spacial score (nSPS) is 14.1. The number of carbonyl (C=O) groups excluding carboxylic acids is 1. The summed E-state index contributed by atoms with van der Waals surface area (Å²) in [6.45, 7) is 3.57. The van der Waals surface area contributed by atoms with E-state index in [1.54, 1.807) is 25.1 Å². The van der Waals surface area contributed by atoms with Gasteiger partial charge in [-0.25, -0.2) is 0 Å². The molecule has 0 aliphatic heterocycles. The largest absolute Gasteiger partial charge is 0.469 e.